The lowest BCUT2D eigenvalue weighted by Crippen LogP contribution is -2.43. The number of nitrogens with one attached hydrogen (secondary N) is 3. The first-order chi connectivity index (χ1) is 12.6. The van der Waals surface area contributed by atoms with Gasteiger partial charge in [0.1, 0.15) is 11.4 Å². The third kappa shape index (κ3) is 3.35. The average molecular weight is 352 g/mol. The van der Waals surface area contributed by atoms with Crippen molar-refractivity contribution in [1.29, 1.82) is 0 Å². The molecule has 136 valence electrons. The summed E-state index contributed by atoms with van der Waals surface area (Å²) in [6.07, 6.45) is 4.35. The SMILES string of the molecule is Cc1cccc(Nc2nc(NC3CCCC[C@@H]3N)nc3c2C(=O)NC3)c1. The molecule has 4 rings (SSSR count). The molecule has 2 heterocycles. The second-order valence-corrected chi connectivity index (χ2v) is 7.09. The van der Waals surface area contributed by atoms with Gasteiger partial charge in [-0.3, -0.25) is 4.79 Å². The smallest absolute Gasteiger partial charge is 0.257 e. The molecule has 0 bridgehead atoms. The normalized spacial score (nSPS) is 21.8. The quantitative estimate of drug-likeness (QED) is 0.674. The highest BCUT2D eigenvalue weighted by molar-refractivity contribution is 6.02. The van der Waals surface area contributed by atoms with Crippen LogP contribution in [0.1, 0.15) is 47.3 Å². The summed E-state index contributed by atoms with van der Waals surface area (Å²) in [5.74, 6) is 0.913. The predicted octanol–water partition coefficient (Wildman–Crippen LogP) is 2.45. The summed E-state index contributed by atoms with van der Waals surface area (Å²) in [4.78, 5) is 21.4. The summed E-state index contributed by atoms with van der Waals surface area (Å²) < 4.78 is 0. The van der Waals surface area contributed by atoms with Gasteiger partial charge < -0.3 is 21.7 Å². The number of carbonyl (C=O) groups excluding carboxylic acids is 1. The van der Waals surface area contributed by atoms with Crippen LogP contribution in [0.4, 0.5) is 17.5 Å². The number of carbonyl (C=O) groups is 1. The third-order valence-electron chi connectivity index (χ3n) is 5.04. The molecular formula is C19H24N6O. The topological polar surface area (TPSA) is 105 Å². The fraction of sp³-hybridized carbons (Fsp3) is 0.421. The van der Waals surface area contributed by atoms with Gasteiger partial charge in [0.2, 0.25) is 5.95 Å². The van der Waals surface area contributed by atoms with Gasteiger partial charge in [-0.25, -0.2) is 4.98 Å². The minimum atomic E-state index is -0.143. The monoisotopic (exact) mass is 352 g/mol. The van der Waals surface area contributed by atoms with Crippen LogP contribution in [-0.4, -0.2) is 28.0 Å². The van der Waals surface area contributed by atoms with Gasteiger partial charge in [-0.15, -0.1) is 0 Å². The molecule has 1 aromatic heterocycles. The number of nitrogens with zero attached hydrogens (tertiary/aromatic N) is 2. The molecule has 2 atom stereocenters. The molecule has 1 aromatic carbocycles. The van der Waals surface area contributed by atoms with Crippen molar-refractivity contribution in [2.24, 2.45) is 5.73 Å². The summed E-state index contributed by atoms with van der Waals surface area (Å²) in [6.45, 7) is 2.45. The Balaban J connectivity index is 1.65. The summed E-state index contributed by atoms with van der Waals surface area (Å²) in [5, 5.41) is 9.50. The molecule has 1 amide bonds. The Morgan fingerprint density at radius 1 is 1.23 bits per heavy atom. The van der Waals surface area contributed by atoms with Crippen LogP contribution in [0, 0.1) is 6.92 Å². The first kappa shape index (κ1) is 16.8. The lowest BCUT2D eigenvalue weighted by atomic mass is 9.91. The zero-order valence-electron chi connectivity index (χ0n) is 14.9. The van der Waals surface area contributed by atoms with Crippen LogP contribution in [0.2, 0.25) is 0 Å². The Kier molecular flexibility index (Phi) is 4.46. The molecule has 1 unspecified atom stereocenters. The number of hydrogen-bond donors (Lipinski definition) is 4. The second kappa shape index (κ2) is 6.92. The molecule has 1 aliphatic heterocycles. The Morgan fingerprint density at radius 3 is 2.88 bits per heavy atom. The zero-order chi connectivity index (χ0) is 18.1. The number of aryl methyl sites for hydroxylation is 1. The highest BCUT2D eigenvalue weighted by Crippen LogP contribution is 2.27. The van der Waals surface area contributed by atoms with E-state index in [2.05, 4.69) is 25.9 Å². The molecule has 1 aliphatic carbocycles. The van der Waals surface area contributed by atoms with E-state index in [-0.39, 0.29) is 18.0 Å². The Labute approximate surface area is 152 Å². The molecule has 1 fully saturated rings. The summed E-state index contributed by atoms with van der Waals surface area (Å²) >= 11 is 0. The molecular weight excluding hydrogens is 328 g/mol. The van der Waals surface area contributed by atoms with Crippen LogP contribution < -0.4 is 21.7 Å². The lowest BCUT2D eigenvalue weighted by Gasteiger charge is -2.29. The molecule has 2 aromatic rings. The van der Waals surface area contributed by atoms with Gasteiger partial charge >= 0.3 is 0 Å². The zero-order valence-corrected chi connectivity index (χ0v) is 14.9. The molecule has 7 heteroatoms. The summed E-state index contributed by atoms with van der Waals surface area (Å²) in [5.41, 5.74) is 9.50. The molecule has 0 spiro atoms. The number of aromatic nitrogens is 2. The van der Waals surface area contributed by atoms with Gasteiger partial charge in [0.05, 0.1) is 12.2 Å². The number of fused-ring (bicyclic) bond motifs is 1. The number of nitrogens with two attached hydrogens (primary N) is 1. The maximum atomic E-state index is 12.2. The van der Waals surface area contributed by atoms with E-state index >= 15 is 0 Å². The van der Waals surface area contributed by atoms with Crippen molar-refractivity contribution in [1.82, 2.24) is 15.3 Å². The van der Waals surface area contributed by atoms with Crippen LogP contribution in [0.25, 0.3) is 0 Å². The van der Waals surface area contributed by atoms with Crippen LogP contribution in [0.3, 0.4) is 0 Å². The maximum absolute atomic E-state index is 12.2. The predicted molar refractivity (Wildman–Crippen MR) is 102 cm³/mol. The van der Waals surface area contributed by atoms with Crippen molar-refractivity contribution in [3.63, 3.8) is 0 Å². The van der Waals surface area contributed by atoms with Gasteiger partial charge in [0.15, 0.2) is 0 Å². The average Bonchev–Trinajstić information content (AvgIpc) is 2.98. The van der Waals surface area contributed by atoms with Gasteiger partial charge in [0.25, 0.3) is 5.91 Å². The van der Waals surface area contributed by atoms with Gasteiger partial charge in [-0.1, -0.05) is 25.0 Å². The van der Waals surface area contributed by atoms with E-state index in [0.717, 1.165) is 30.5 Å². The summed E-state index contributed by atoms with van der Waals surface area (Å²) in [6, 6.07) is 8.25. The fourth-order valence-corrected chi connectivity index (χ4v) is 3.65. The molecule has 0 radical (unpaired) electrons. The maximum Gasteiger partial charge on any atom is 0.257 e. The first-order valence-corrected chi connectivity index (χ1v) is 9.15. The molecule has 2 aliphatic rings. The summed E-state index contributed by atoms with van der Waals surface area (Å²) in [7, 11) is 0. The van der Waals surface area contributed by atoms with Crippen molar-refractivity contribution in [2.45, 2.75) is 51.2 Å². The standard InChI is InChI=1S/C19H24N6O/c1-11-5-4-6-12(9-11)22-17-16-15(10-21-18(16)26)24-19(25-17)23-14-8-3-2-7-13(14)20/h4-6,9,13-14H,2-3,7-8,10,20H2,1H3,(H,21,26)(H2,22,23,24,25)/t13-,14?/m0/s1. The Bertz CT molecular complexity index is 837. The number of benzene rings is 1. The number of rotatable bonds is 4. The van der Waals surface area contributed by atoms with Gasteiger partial charge in [-0.05, 0) is 37.5 Å². The van der Waals surface area contributed by atoms with Crippen LogP contribution in [0.5, 0.6) is 0 Å². The fourth-order valence-electron chi connectivity index (χ4n) is 3.65. The number of anilines is 3. The third-order valence-corrected chi connectivity index (χ3v) is 5.04. The number of hydrogen-bond acceptors (Lipinski definition) is 6. The lowest BCUT2D eigenvalue weighted by molar-refractivity contribution is 0.0966. The van der Waals surface area contributed by atoms with Crippen LogP contribution in [0.15, 0.2) is 24.3 Å². The highest BCUT2D eigenvalue weighted by atomic mass is 16.2. The second-order valence-electron chi connectivity index (χ2n) is 7.09. The largest absolute Gasteiger partial charge is 0.350 e. The Hall–Kier alpha value is -2.67. The van der Waals surface area contributed by atoms with E-state index in [9.17, 15) is 4.79 Å². The minimum absolute atomic E-state index is 0.105. The molecule has 5 N–H and O–H groups in total. The first-order valence-electron chi connectivity index (χ1n) is 9.15. The minimum Gasteiger partial charge on any atom is -0.350 e. The van der Waals surface area contributed by atoms with Crippen molar-refractivity contribution in [2.75, 3.05) is 10.6 Å². The van der Waals surface area contributed by atoms with Crippen molar-refractivity contribution >= 4 is 23.4 Å². The highest BCUT2D eigenvalue weighted by Gasteiger charge is 2.28. The van der Waals surface area contributed by atoms with E-state index in [1.165, 1.54) is 6.42 Å². The molecule has 7 nitrogen and oxygen atoms in total. The molecule has 26 heavy (non-hydrogen) atoms. The van der Waals surface area contributed by atoms with Gasteiger partial charge in [-0.2, -0.15) is 4.98 Å². The van der Waals surface area contributed by atoms with Gasteiger partial charge in [0, 0.05) is 17.8 Å². The van der Waals surface area contributed by atoms with E-state index in [4.69, 9.17) is 5.73 Å². The van der Waals surface area contributed by atoms with E-state index < -0.39 is 0 Å². The van der Waals surface area contributed by atoms with Crippen LogP contribution >= 0.6 is 0 Å². The van der Waals surface area contributed by atoms with Crippen LogP contribution in [-0.2, 0) is 6.54 Å². The van der Waals surface area contributed by atoms with E-state index in [0.29, 0.717) is 29.6 Å². The van der Waals surface area contributed by atoms with Crippen molar-refractivity contribution in [3.05, 3.63) is 41.1 Å². The molecule has 0 saturated heterocycles. The van der Waals surface area contributed by atoms with E-state index in [1.807, 2.05) is 31.2 Å². The number of amides is 1. The Morgan fingerprint density at radius 2 is 2.08 bits per heavy atom. The van der Waals surface area contributed by atoms with E-state index in [1.54, 1.807) is 0 Å². The van der Waals surface area contributed by atoms with Crippen molar-refractivity contribution in [3.8, 4) is 0 Å². The van der Waals surface area contributed by atoms with Crippen molar-refractivity contribution < 1.29 is 4.79 Å². The molecule has 1 saturated carbocycles.